The Morgan fingerprint density at radius 1 is 0.269 bits per heavy atom. The van der Waals surface area contributed by atoms with Crippen LogP contribution in [0.3, 0.4) is 0 Å². The lowest BCUT2D eigenvalue weighted by molar-refractivity contribution is 0.475. The van der Waals surface area contributed by atoms with E-state index in [0.717, 1.165) is 28.1 Å². The number of hydrogen-bond acceptors (Lipinski definition) is 1. The Morgan fingerprint density at radius 2 is 0.558 bits per heavy atom. The first kappa shape index (κ1) is 28.8. The summed E-state index contributed by atoms with van der Waals surface area (Å²) in [7, 11) is 0. The van der Waals surface area contributed by atoms with Crippen molar-refractivity contribution in [1.29, 1.82) is 0 Å². The van der Waals surface area contributed by atoms with E-state index in [1.807, 2.05) is 12.1 Å². The molecule has 0 aliphatic heterocycles. The minimum absolute atomic E-state index is 0.264. The molecule has 3 aromatic heterocycles. The molecule has 0 aliphatic rings. The second kappa shape index (κ2) is 11.0. The van der Waals surface area contributed by atoms with Gasteiger partial charge in [-0.15, -0.1) is 0 Å². The highest BCUT2D eigenvalue weighted by molar-refractivity contribution is 6.13. The van der Waals surface area contributed by atoms with Gasteiger partial charge in [0, 0.05) is 49.4 Å². The van der Waals surface area contributed by atoms with Gasteiger partial charge in [0.15, 0.2) is 0 Å². The van der Waals surface area contributed by atoms with Crippen LogP contribution in [0.15, 0.2) is 182 Å². The van der Waals surface area contributed by atoms with Crippen LogP contribution in [0.25, 0.3) is 93.6 Å². The highest BCUT2D eigenvalue weighted by atomic mass is 16.3. The van der Waals surface area contributed by atoms with Gasteiger partial charge >= 0.3 is 0 Å². The van der Waals surface area contributed by atoms with Crippen LogP contribution in [0.1, 0.15) is 0 Å². The van der Waals surface area contributed by atoms with Crippen molar-refractivity contribution < 1.29 is 5.11 Å². The molecule has 52 heavy (non-hydrogen) atoms. The van der Waals surface area contributed by atoms with E-state index in [0.29, 0.717) is 0 Å². The predicted octanol–water partition coefficient (Wildman–Crippen LogP) is 12.4. The highest BCUT2D eigenvalue weighted by Gasteiger charge is 2.17. The molecule has 11 aromatic rings. The number of aromatic hydroxyl groups is 1. The van der Waals surface area contributed by atoms with Crippen molar-refractivity contribution in [3.8, 4) is 33.9 Å². The molecule has 8 aromatic carbocycles. The second-order valence-electron chi connectivity index (χ2n) is 13.6. The van der Waals surface area contributed by atoms with Gasteiger partial charge in [-0.25, -0.2) is 0 Å². The third-order valence-electron chi connectivity index (χ3n) is 10.7. The number of benzene rings is 8. The standard InChI is InChI=1S/C48H31N3O/c52-36-25-23-35(24-26-36)51-46-16-8-4-12-40(46)42-30-32(18-28-48(42)51)31-17-27-47-41(29-31)39-11-3-7-15-45(39)50(47)34-21-19-33(20-22-34)49-43-13-5-1-9-37(43)38-10-2-6-14-44(38)49/h1-30,52H. The van der Waals surface area contributed by atoms with E-state index in [9.17, 15) is 5.11 Å². The molecule has 0 amide bonds. The van der Waals surface area contributed by atoms with Gasteiger partial charge in [-0.3, -0.25) is 0 Å². The maximum Gasteiger partial charge on any atom is 0.115 e. The Balaban J connectivity index is 1.05. The summed E-state index contributed by atoms with van der Waals surface area (Å²) < 4.78 is 7.03. The number of fused-ring (bicyclic) bond motifs is 9. The molecule has 0 bridgehead atoms. The van der Waals surface area contributed by atoms with Gasteiger partial charge < -0.3 is 18.8 Å². The number of phenols is 1. The van der Waals surface area contributed by atoms with Crippen LogP contribution >= 0.6 is 0 Å². The molecule has 4 nitrogen and oxygen atoms in total. The minimum Gasteiger partial charge on any atom is -0.508 e. The summed E-state index contributed by atoms with van der Waals surface area (Å²) in [4.78, 5) is 0. The van der Waals surface area contributed by atoms with E-state index >= 15 is 0 Å². The molecule has 0 atom stereocenters. The largest absolute Gasteiger partial charge is 0.508 e. The average molecular weight is 666 g/mol. The Kier molecular flexibility index (Phi) is 6.07. The summed E-state index contributed by atoms with van der Waals surface area (Å²) in [5, 5.41) is 17.3. The zero-order chi connectivity index (χ0) is 34.3. The number of nitrogens with zero attached hydrogens (tertiary/aromatic N) is 3. The van der Waals surface area contributed by atoms with Crippen LogP contribution in [0.2, 0.25) is 0 Å². The van der Waals surface area contributed by atoms with Crippen molar-refractivity contribution >= 4 is 65.4 Å². The van der Waals surface area contributed by atoms with Crippen LogP contribution < -0.4 is 0 Å². The fourth-order valence-corrected chi connectivity index (χ4v) is 8.41. The molecule has 4 heteroatoms. The van der Waals surface area contributed by atoms with E-state index in [2.05, 4.69) is 171 Å². The molecule has 0 spiro atoms. The van der Waals surface area contributed by atoms with Crippen molar-refractivity contribution in [2.75, 3.05) is 0 Å². The lowest BCUT2D eigenvalue weighted by atomic mass is 10.0. The lowest BCUT2D eigenvalue weighted by Crippen LogP contribution is -1.97. The maximum absolute atomic E-state index is 9.95. The second-order valence-corrected chi connectivity index (χ2v) is 13.6. The molecule has 1 N–H and O–H groups in total. The number of hydrogen-bond donors (Lipinski definition) is 1. The van der Waals surface area contributed by atoms with Crippen molar-refractivity contribution in [3.63, 3.8) is 0 Å². The predicted molar refractivity (Wildman–Crippen MR) is 217 cm³/mol. The quantitative estimate of drug-likeness (QED) is 0.199. The Labute approximate surface area is 299 Å². The van der Waals surface area contributed by atoms with Gasteiger partial charge in [-0.2, -0.15) is 0 Å². The molecule has 0 fully saturated rings. The first-order chi connectivity index (χ1) is 25.7. The smallest absolute Gasteiger partial charge is 0.115 e. The topological polar surface area (TPSA) is 35.0 Å². The average Bonchev–Trinajstić information content (AvgIpc) is 3.84. The van der Waals surface area contributed by atoms with Crippen molar-refractivity contribution in [1.82, 2.24) is 13.7 Å². The van der Waals surface area contributed by atoms with Gasteiger partial charge in [0.1, 0.15) is 5.75 Å². The molecule has 0 saturated carbocycles. The SMILES string of the molecule is Oc1ccc(-n2c3ccccc3c3cc(-c4ccc5c(c4)c4ccccc4n5-c4ccc(-n5c6ccccc6c6ccccc65)cc4)ccc32)cc1. The van der Waals surface area contributed by atoms with Crippen molar-refractivity contribution in [2.24, 2.45) is 0 Å². The van der Waals surface area contributed by atoms with Crippen molar-refractivity contribution in [2.45, 2.75) is 0 Å². The van der Waals surface area contributed by atoms with E-state index in [1.165, 1.54) is 65.5 Å². The zero-order valence-corrected chi connectivity index (χ0v) is 28.1. The molecule has 0 aliphatic carbocycles. The minimum atomic E-state index is 0.264. The van der Waals surface area contributed by atoms with E-state index in [1.54, 1.807) is 12.1 Å². The summed E-state index contributed by atoms with van der Waals surface area (Å²) >= 11 is 0. The maximum atomic E-state index is 9.95. The molecule has 11 rings (SSSR count). The lowest BCUT2D eigenvalue weighted by Gasteiger charge is -2.12. The highest BCUT2D eigenvalue weighted by Crippen LogP contribution is 2.39. The fourth-order valence-electron chi connectivity index (χ4n) is 8.41. The Bertz CT molecular complexity index is 3120. The zero-order valence-electron chi connectivity index (χ0n) is 28.1. The van der Waals surface area contributed by atoms with Crippen LogP contribution in [-0.2, 0) is 0 Å². The molecule has 0 saturated heterocycles. The molecule has 244 valence electrons. The summed E-state index contributed by atoms with van der Waals surface area (Å²) in [5.41, 5.74) is 12.7. The third kappa shape index (κ3) is 4.15. The molecular weight excluding hydrogens is 635 g/mol. The number of rotatable bonds is 4. The first-order valence-electron chi connectivity index (χ1n) is 17.7. The Hall–Kier alpha value is -7.04. The first-order valence-corrected chi connectivity index (χ1v) is 17.7. The fraction of sp³-hybridized carbons (Fsp3) is 0. The van der Waals surface area contributed by atoms with Gasteiger partial charge in [0.2, 0.25) is 0 Å². The number of aromatic nitrogens is 3. The number of para-hydroxylation sites is 4. The summed E-state index contributed by atoms with van der Waals surface area (Å²) in [6.45, 7) is 0. The van der Waals surface area contributed by atoms with Crippen LogP contribution in [0.4, 0.5) is 0 Å². The molecule has 0 radical (unpaired) electrons. The van der Waals surface area contributed by atoms with Crippen LogP contribution in [0.5, 0.6) is 5.75 Å². The van der Waals surface area contributed by atoms with E-state index < -0.39 is 0 Å². The van der Waals surface area contributed by atoms with Gasteiger partial charge in [-0.1, -0.05) is 84.9 Å². The molecule has 3 heterocycles. The number of phenolic OH excluding ortho intramolecular Hbond substituents is 1. The normalized spacial score (nSPS) is 11.9. The molecular formula is C48H31N3O. The van der Waals surface area contributed by atoms with Gasteiger partial charge in [0.05, 0.1) is 33.1 Å². The van der Waals surface area contributed by atoms with Gasteiger partial charge in [-0.05, 0) is 108 Å². The monoisotopic (exact) mass is 665 g/mol. The Morgan fingerprint density at radius 3 is 0.923 bits per heavy atom. The summed E-state index contributed by atoms with van der Waals surface area (Å²) in [6.07, 6.45) is 0. The van der Waals surface area contributed by atoms with Gasteiger partial charge in [0.25, 0.3) is 0 Å². The van der Waals surface area contributed by atoms with E-state index in [-0.39, 0.29) is 5.75 Å². The third-order valence-corrected chi connectivity index (χ3v) is 10.7. The molecule has 0 unspecified atom stereocenters. The summed E-state index contributed by atoms with van der Waals surface area (Å²) in [6, 6.07) is 64.6. The van der Waals surface area contributed by atoms with Crippen LogP contribution in [-0.4, -0.2) is 18.8 Å². The van der Waals surface area contributed by atoms with Crippen LogP contribution in [0, 0.1) is 0 Å². The summed E-state index contributed by atoms with van der Waals surface area (Å²) in [5.74, 6) is 0.264. The van der Waals surface area contributed by atoms with Crippen molar-refractivity contribution in [3.05, 3.63) is 182 Å². The van der Waals surface area contributed by atoms with E-state index in [4.69, 9.17) is 0 Å².